The minimum Gasteiger partial charge on any atom is -0.396 e. The average Bonchev–Trinajstić information content (AvgIpc) is 2.47. The smallest absolute Gasteiger partial charge is 0.255 e. The summed E-state index contributed by atoms with van der Waals surface area (Å²) in [5, 5.41) is 17.6. The van der Waals surface area contributed by atoms with Crippen molar-refractivity contribution in [2.75, 3.05) is 19.8 Å². The SMILES string of the molecule is CC(C)N(CCCO)C(=O)c1cncc(C#CCCO)c1. The number of hydrogen-bond donors (Lipinski definition) is 2. The lowest BCUT2D eigenvalue weighted by Crippen LogP contribution is -2.38. The largest absolute Gasteiger partial charge is 0.396 e. The molecule has 0 aromatic carbocycles. The third-order valence-corrected chi connectivity index (χ3v) is 2.90. The van der Waals surface area contributed by atoms with Crippen LogP contribution in [-0.2, 0) is 0 Å². The molecule has 2 N–H and O–H groups in total. The van der Waals surface area contributed by atoms with E-state index in [0.717, 1.165) is 0 Å². The van der Waals surface area contributed by atoms with Gasteiger partial charge in [0.1, 0.15) is 0 Å². The van der Waals surface area contributed by atoms with Gasteiger partial charge in [-0.3, -0.25) is 9.78 Å². The summed E-state index contributed by atoms with van der Waals surface area (Å²) in [6, 6.07) is 1.75. The van der Waals surface area contributed by atoms with Crippen LogP contribution in [0.3, 0.4) is 0 Å². The highest BCUT2D eigenvalue weighted by Gasteiger charge is 2.18. The second-order valence-electron chi connectivity index (χ2n) is 4.91. The Morgan fingerprint density at radius 1 is 1.33 bits per heavy atom. The van der Waals surface area contributed by atoms with Crippen molar-refractivity contribution in [2.24, 2.45) is 0 Å². The standard InChI is InChI=1S/C16H22N2O3/c1-13(2)18(7-5-9-20)16(21)15-10-14(11-17-12-15)6-3-4-8-19/h10-13,19-20H,4-5,7-9H2,1-2H3. The predicted molar refractivity (Wildman–Crippen MR) is 80.7 cm³/mol. The van der Waals surface area contributed by atoms with Crippen molar-refractivity contribution in [3.63, 3.8) is 0 Å². The molecule has 0 atom stereocenters. The molecule has 0 aliphatic rings. The Bertz CT molecular complexity index is 518. The quantitative estimate of drug-likeness (QED) is 0.768. The van der Waals surface area contributed by atoms with Gasteiger partial charge in [-0.25, -0.2) is 0 Å². The van der Waals surface area contributed by atoms with Crippen LogP contribution in [0, 0.1) is 11.8 Å². The summed E-state index contributed by atoms with van der Waals surface area (Å²) in [7, 11) is 0. The number of hydrogen-bond acceptors (Lipinski definition) is 4. The molecule has 1 aromatic heterocycles. The van der Waals surface area contributed by atoms with Crippen molar-refractivity contribution < 1.29 is 15.0 Å². The number of amides is 1. The number of aliphatic hydroxyl groups excluding tert-OH is 2. The Morgan fingerprint density at radius 3 is 2.71 bits per heavy atom. The van der Waals surface area contributed by atoms with Gasteiger partial charge in [-0.05, 0) is 26.3 Å². The fourth-order valence-corrected chi connectivity index (χ4v) is 1.85. The molecule has 1 heterocycles. The summed E-state index contributed by atoms with van der Waals surface area (Å²) in [5.41, 5.74) is 1.14. The molecule has 0 aliphatic heterocycles. The van der Waals surface area contributed by atoms with Gasteiger partial charge >= 0.3 is 0 Å². The van der Waals surface area contributed by atoms with E-state index in [1.54, 1.807) is 17.2 Å². The second kappa shape index (κ2) is 9.11. The van der Waals surface area contributed by atoms with E-state index in [1.165, 1.54) is 6.20 Å². The molecule has 114 valence electrons. The monoisotopic (exact) mass is 290 g/mol. The number of carbonyl (C=O) groups excluding carboxylic acids is 1. The van der Waals surface area contributed by atoms with E-state index in [4.69, 9.17) is 10.2 Å². The summed E-state index contributed by atoms with van der Waals surface area (Å²) >= 11 is 0. The van der Waals surface area contributed by atoms with Gasteiger partial charge in [0.15, 0.2) is 0 Å². The molecule has 5 heteroatoms. The minimum absolute atomic E-state index is 0.0152. The van der Waals surface area contributed by atoms with Crippen LogP contribution in [0.25, 0.3) is 0 Å². The highest BCUT2D eigenvalue weighted by Crippen LogP contribution is 2.10. The predicted octanol–water partition coefficient (Wildman–Crippen LogP) is 1.05. The minimum atomic E-state index is -0.114. The Hall–Kier alpha value is -1.90. The molecule has 1 aromatic rings. The van der Waals surface area contributed by atoms with Crippen LogP contribution in [0.5, 0.6) is 0 Å². The van der Waals surface area contributed by atoms with Crippen LogP contribution in [0.1, 0.15) is 42.6 Å². The molecule has 0 spiro atoms. The first-order chi connectivity index (χ1) is 10.1. The fraction of sp³-hybridized carbons (Fsp3) is 0.500. The molecule has 21 heavy (non-hydrogen) atoms. The molecular weight excluding hydrogens is 268 g/mol. The molecular formula is C16H22N2O3. The van der Waals surface area contributed by atoms with E-state index in [1.807, 2.05) is 13.8 Å². The first kappa shape index (κ1) is 17.2. The van der Waals surface area contributed by atoms with Gasteiger partial charge in [-0.15, -0.1) is 0 Å². The molecule has 0 aliphatic carbocycles. The van der Waals surface area contributed by atoms with Gasteiger partial charge in [0.25, 0.3) is 5.91 Å². The zero-order chi connectivity index (χ0) is 15.7. The van der Waals surface area contributed by atoms with Crippen LogP contribution in [0.2, 0.25) is 0 Å². The summed E-state index contributed by atoms with van der Waals surface area (Å²) in [5.74, 6) is 5.56. The number of aliphatic hydroxyl groups is 2. The lowest BCUT2D eigenvalue weighted by Gasteiger charge is -2.26. The Morgan fingerprint density at radius 2 is 2.10 bits per heavy atom. The van der Waals surface area contributed by atoms with Gasteiger partial charge in [0.05, 0.1) is 12.2 Å². The van der Waals surface area contributed by atoms with Gasteiger partial charge in [-0.1, -0.05) is 11.8 Å². The van der Waals surface area contributed by atoms with E-state index >= 15 is 0 Å². The molecule has 0 radical (unpaired) electrons. The first-order valence-electron chi connectivity index (χ1n) is 7.06. The lowest BCUT2D eigenvalue weighted by atomic mass is 10.1. The van der Waals surface area contributed by atoms with Crippen molar-refractivity contribution in [2.45, 2.75) is 32.7 Å². The molecule has 0 bridgehead atoms. The molecule has 5 nitrogen and oxygen atoms in total. The molecule has 0 unspecified atom stereocenters. The maximum atomic E-state index is 12.5. The zero-order valence-corrected chi connectivity index (χ0v) is 12.5. The van der Waals surface area contributed by atoms with E-state index in [2.05, 4.69) is 16.8 Å². The summed E-state index contributed by atoms with van der Waals surface area (Å²) in [6.45, 7) is 4.46. The average molecular weight is 290 g/mol. The third-order valence-electron chi connectivity index (χ3n) is 2.90. The van der Waals surface area contributed by atoms with Crippen molar-refractivity contribution in [1.29, 1.82) is 0 Å². The van der Waals surface area contributed by atoms with Crippen LogP contribution < -0.4 is 0 Å². The van der Waals surface area contributed by atoms with E-state index in [9.17, 15) is 4.79 Å². The van der Waals surface area contributed by atoms with Crippen LogP contribution in [0.15, 0.2) is 18.5 Å². The van der Waals surface area contributed by atoms with Crippen LogP contribution in [-0.4, -0.2) is 51.8 Å². The number of nitrogens with zero attached hydrogens (tertiary/aromatic N) is 2. The highest BCUT2D eigenvalue weighted by molar-refractivity contribution is 5.94. The zero-order valence-electron chi connectivity index (χ0n) is 12.5. The Kier molecular flexibility index (Phi) is 7.44. The number of carbonyl (C=O) groups is 1. The summed E-state index contributed by atoms with van der Waals surface area (Å²) in [6.07, 6.45) is 4.06. The second-order valence-corrected chi connectivity index (χ2v) is 4.91. The Balaban J connectivity index is 2.90. The molecule has 0 fully saturated rings. The normalized spacial score (nSPS) is 10.1. The number of rotatable bonds is 6. The third kappa shape index (κ3) is 5.54. The van der Waals surface area contributed by atoms with Crippen molar-refractivity contribution >= 4 is 5.91 Å². The number of pyridine rings is 1. The van der Waals surface area contributed by atoms with E-state index < -0.39 is 0 Å². The molecule has 1 rings (SSSR count). The van der Waals surface area contributed by atoms with Crippen LogP contribution >= 0.6 is 0 Å². The Labute approximate surface area is 125 Å². The van der Waals surface area contributed by atoms with Gasteiger partial charge in [-0.2, -0.15) is 0 Å². The van der Waals surface area contributed by atoms with Gasteiger partial charge in [0.2, 0.25) is 0 Å². The van der Waals surface area contributed by atoms with Crippen molar-refractivity contribution in [3.8, 4) is 11.8 Å². The van der Waals surface area contributed by atoms with E-state index in [0.29, 0.717) is 30.5 Å². The first-order valence-corrected chi connectivity index (χ1v) is 7.06. The number of aromatic nitrogens is 1. The molecule has 0 saturated heterocycles. The lowest BCUT2D eigenvalue weighted by molar-refractivity contribution is 0.0692. The topological polar surface area (TPSA) is 73.7 Å². The van der Waals surface area contributed by atoms with Crippen LogP contribution in [0.4, 0.5) is 0 Å². The highest BCUT2D eigenvalue weighted by atomic mass is 16.3. The molecule has 1 amide bonds. The summed E-state index contributed by atoms with van der Waals surface area (Å²) in [4.78, 5) is 18.2. The maximum Gasteiger partial charge on any atom is 0.255 e. The van der Waals surface area contributed by atoms with Crippen molar-refractivity contribution in [1.82, 2.24) is 9.88 Å². The van der Waals surface area contributed by atoms with Gasteiger partial charge < -0.3 is 15.1 Å². The van der Waals surface area contributed by atoms with Crippen molar-refractivity contribution in [3.05, 3.63) is 29.6 Å². The van der Waals surface area contributed by atoms with E-state index in [-0.39, 0.29) is 25.2 Å². The fourth-order valence-electron chi connectivity index (χ4n) is 1.85. The van der Waals surface area contributed by atoms with Gasteiger partial charge in [0, 0.05) is 43.6 Å². The summed E-state index contributed by atoms with van der Waals surface area (Å²) < 4.78 is 0. The maximum absolute atomic E-state index is 12.5. The molecule has 0 saturated carbocycles.